The Balaban J connectivity index is 2.45. The van der Waals surface area contributed by atoms with Gasteiger partial charge >= 0.3 is 0 Å². The Morgan fingerprint density at radius 3 is 2.53 bits per heavy atom. The van der Waals surface area contributed by atoms with E-state index in [0.29, 0.717) is 6.54 Å². The molecule has 0 amide bonds. The molecule has 2 N–H and O–H groups in total. The van der Waals surface area contributed by atoms with Gasteiger partial charge in [0, 0.05) is 16.3 Å². The largest absolute Gasteiger partial charge is 0.328 e. The van der Waals surface area contributed by atoms with E-state index in [4.69, 9.17) is 5.73 Å². The molecule has 0 aliphatic carbocycles. The summed E-state index contributed by atoms with van der Waals surface area (Å²) >= 11 is 5.34. The van der Waals surface area contributed by atoms with Gasteiger partial charge in [0.2, 0.25) is 0 Å². The van der Waals surface area contributed by atoms with E-state index in [-0.39, 0.29) is 6.04 Å². The second-order valence-electron chi connectivity index (χ2n) is 4.13. The predicted octanol–water partition coefficient (Wildman–Crippen LogP) is 3.18. The van der Waals surface area contributed by atoms with Crippen molar-refractivity contribution in [2.24, 2.45) is 5.73 Å². The number of nitrogens with zero attached hydrogens (tertiary/aromatic N) is 2. The predicted molar refractivity (Wildman–Crippen MR) is 75.7 cm³/mol. The fraction of sp³-hybridized carbons (Fsp3) is 0.417. The average Bonchev–Trinajstić information content (AvgIpc) is 2.82. The molecule has 2 heterocycles. The highest BCUT2D eigenvalue weighted by molar-refractivity contribution is 9.10. The zero-order chi connectivity index (χ0) is 12.6. The van der Waals surface area contributed by atoms with Crippen LogP contribution in [-0.4, -0.2) is 16.3 Å². The summed E-state index contributed by atoms with van der Waals surface area (Å²) in [5, 5.41) is 4.56. The molecule has 0 saturated heterocycles. The van der Waals surface area contributed by atoms with E-state index in [1.165, 1.54) is 9.75 Å². The Morgan fingerprint density at radius 1 is 1.41 bits per heavy atom. The Hall–Kier alpha value is -0.650. The van der Waals surface area contributed by atoms with E-state index >= 15 is 0 Å². The first-order valence-electron chi connectivity index (χ1n) is 5.52. The van der Waals surface area contributed by atoms with Gasteiger partial charge in [0.25, 0.3) is 0 Å². The maximum Gasteiger partial charge on any atom is 0.0985 e. The molecule has 0 aromatic carbocycles. The summed E-state index contributed by atoms with van der Waals surface area (Å²) < 4.78 is 3.09. The summed E-state index contributed by atoms with van der Waals surface area (Å²) in [7, 11) is 0. The van der Waals surface area contributed by atoms with Crippen molar-refractivity contribution in [1.82, 2.24) is 9.78 Å². The fourth-order valence-corrected chi connectivity index (χ4v) is 3.15. The number of aryl methyl sites for hydroxylation is 2. The van der Waals surface area contributed by atoms with Crippen LogP contribution in [0.5, 0.6) is 0 Å². The van der Waals surface area contributed by atoms with Gasteiger partial charge in [-0.05, 0) is 48.8 Å². The average molecular weight is 314 g/mol. The molecule has 0 aliphatic heterocycles. The molecular weight excluding hydrogens is 298 g/mol. The molecule has 3 nitrogen and oxygen atoms in total. The van der Waals surface area contributed by atoms with E-state index in [2.05, 4.69) is 47.0 Å². The smallest absolute Gasteiger partial charge is 0.0985 e. The van der Waals surface area contributed by atoms with E-state index < -0.39 is 0 Å². The molecule has 1 unspecified atom stereocenters. The first-order chi connectivity index (χ1) is 8.04. The molecule has 0 spiro atoms. The normalized spacial score (nSPS) is 13.0. The number of thiophene rings is 1. The highest BCUT2D eigenvalue weighted by atomic mass is 79.9. The van der Waals surface area contributed by atoms with Gasteiger partial charge in [-0.1, -0.05) is 0 Å². The minimum atomic E-state index is 0.138. The molecule has 0 saturated carbocycles. The number of nitrogens with two attached hydrogens (primary N) is 1. The zero-order valence-corrected chi connectivity index (χ0v) is 12.6. The first-order valence-corrected chi connectivity index (χ1v) is 7.13. The summed E-state index contributed by atoms with van der Waals surface area (Å²) in [4.78, 5) is 2.57. The van der Waals surface area contributed by atoms with Gasteiger partial charge in [0.1, 0.15) is 0 Å². The summed E-state index contributed by atoms with van der Waals surface area (Å²) in [5.74, 6) is 0. The van der Waals surface area contributed by atoms with Gasteiger partial charge in [-0.15, -0.1) is 11.3 Å². The van der Waals surface area contributed by atoms with Gasteiger partial charge in [0.05, 0.1) is 21.9 Å². The molecular formula is C12H16BrN3S. The Labute approximate surface area is 114 Å². The molecule has 0 fully saturated rings. The van der Waals surface area contributed by atoms with Crippen LogP contribution in [0.3, 0.4) is 0 Å². The van der Waals surface area contributed by atoms with Gasteiger partial charge < -0.3 is 5.73 Å². The molecule has 2 rings (SSSR count). The lowest BCUT2D eigenvalue weighted by atomic mass is 10.2. The topological polar surface area (TPSA) is 43.8 Å². The third kappa shape index (κ3) is 2.32. The van der Waals surface area contributed by atoms with Crippen LogP contribution in [0.1, 0.15) is 27.2 Å². The van der Waals surface area contributed by atoms with Crippen molar-refractivity contribution in [1.29, 1.82) is 0 Å². The highest BCUT2D eigenvalue weighted by Crippen LogP contribution is 2.29. The van der Waals surface area contributed by atoms with E-state index in [1.807, 2.05) is 11.6 Å². The van der Waals surface area contributed by atoms with Crippen LogP contribution >= 0.6 is 27.3 Å². The minimum absolute atomic E-state index is 0.138. The molecule has 5 heteroatoms. The number of hydrogen-bond donors (Lipinski definition) is 1. The van der Waals surface area contributed by atoms with Gasteiger partial charge in [0.15, 0.2) is 0 Å². The zero-order valence-electron chi connectivity index (χ0n) is 10.2. The lowest BCUT2D eigenvalue weighted by Crippen LogP contribution is -2.21. The minimum Gasteiger partial charge on any atom is -0.328 e. The molecule has 2 aromatic rings. The first kappa shape index (κ1) is 12.8. The Bertz CT molecular complexity index is 530. The van der Waals surface area contributed by atoms with Crippen molar-refractivity contribution < 1.29 is 0 Å². The molecule has 92 valence electrons. The van der Waals surface area contributed by atoms with Crippen molar-refractivity contribution in [2.75, 3.05) is 6.54 Å². The summed E-state index contributed by atoms with van der Waals surface area (Å²) in [5.41, 5.74) is 8.04. The standard InChI is InChI=1S/C12H16BrN3S/c1-7-4-5-11(17-7)10(6-14)16-9(3)12(13)8(2)15-16/h4-5,10H,6,14H2,1-3H3. The molecule has 1 atom stereocenters. The number of hydrogen-bond acceptors (Lipinski definition) is 3. The highest BCUT2D eigenvalue weighted by Gasteiger charge is 2.19. The van der Waals surface area contributed by atoms with Crippen LogP contribution in [0.25, 0.3) is 0 Å². The van der Waals surface area contributed by atoms with Crippen LogP contribution in [0.15, 0.2) is 16.6 Å². The lowest BCUT2D eigenvalue weighted by Gasteiger charge is -2.15. The van der Waals surface area contributed by atoms with Gasteiger partial charge in [-0.2, -0.15) is 5.10 Å². The third-order valence-electron chi connectivity index (χ3n) is 2.84. The van der Waals surface area contributed by atoms with E-state index in [1.54, 1.807) is 11.3 Å². The van der Waals surface area contributed by atoms with E-state index in [9.17, 15) is 0 Å². The van der Waals surface area contributed by atoms with Gasteiger partial charge in [-0.3, -0.25) is 4.68 Å². The summed E-state index contributed by atoms with van der Waals surface area (Å²) in [6.07, 6.45) is 0. The summed E-state index contributed by atoms with van der Waals surface area (Å²) in [6, 6.07) is 4.41. The third-order valence-corrected chi connectivity index (χ3v) is 5.09. The fourth-order valence-electron chi connectivity index (χ4n) is 1.92. The molecule has 17 heavy (non-hydrogen) atoms. The maximum absolute atomic E-state index is 5.90. The SMILES string of the molecule is Cc1ccc(C(CN)n2nc(C)c(Br)c2C)s1. The van der Waals surface area contributed by atoms with Crippen LogP contribution in [0.2, 0.25) is 0 Å². The van der Waals surface area contributed by atoms with Crippen LogP contribution in [0.4, 0.5) is 0 Å². The molecule has 0 radical (unpaired) electrons. The van der Waals surface area contributed by atoms with Crippen molar-refractivity contribution in [3.63, 3.8) is 0 Å². The molecule has 0 aliphatic rings. The monoisotopic (exact) mass is 313 g/mol. The second kappa shape index (κ2) is 4.92. The lowest BCUT2D eigenvalue weighted by molar-refractivity contribution is 0.523. The van der Waals surface area contributed by atoms with Crippen LogP contribution in [-0.2, 0) is 0 Å². The van der Waals surface area contributed by atoms with E-state index in [0.717, 1.165) is 15.9 Å². The Kier molecular flexibility index (Phi) is 3.70. The summed E-state index contributed by atoms with van der Waals surface area (Å²) in [6.45, 7) is 6.74. The maximum atomic E-state index is 5.90. The Morgan fingerprint density at radius 2 is 2.12 bits per heavy atom. The second-order valence-corrected chi connectivity index (χ2v) is 6.24. The number of rotatable bonds is 3. The van der Waals surface area contributed by atoms with Crippen LogP contribution in [0, 0.1) is 20.8 Å². The number of halogens is 1. The molecule has 0 bridgehead atoms. The van der Waals surface area contributed by atoms with Crippen molar-refractivity contribution in [2.45, 2.75) is 26.8 Å². The number of aromatic nitrogens is 2. The van der Waals surface area contributed by atoms with Gasteiger partial charge in [-0.25, -0.2) is 0 Å². The van der Waals surface area contributed by atoms with Crippen LogP contribution < -0.4 is 5.73 Å². The van der Waals surface area contributed by atoms with Crippen molar-refractivity contribution in [3.8, 4) is 0 Å². The van der Waals surface area contributed by atoms with Crippen molar-refractivity contribution >= 4 is 27.3 Å². The quantitative estimate of drug-likeness (QED) is 0.945. The van der Waals surface area contributed by atoms with Crippen molar-refractivity contribution in [3.05, 3.63) is 37.7 Å². The molecule has 2 aromatic heterocycles.